The van der Waals surface area contributed by atoms with E-state index in [1.165, 1.54) is 11.6 Å². The molecule has 0 unspecified atom stereocenters. The van der Waals surface area contributed by atoms with Crippen molar-refractivity contribution in [2.45, 2.75) is 11.8 Å². The topological polar surface area (TPSA) is 98.5 Å². The highest BCUT2D eigenvalue weighted by Gasteiger charge is 2.22. The Hall–Kier alpha value is -2.58. The molecule has 0 fully saturated rings. The smallest absolute Gasteiger partial charge is 0.345 e. The maximum atomic E-state index is 12.0. The van der Waals surface area contributed by atoms with Crippen molar-refractivity contribution in [2.75, 3.05) is 18.9 Å². The Kier molecular flexibility index (Phi) is 7.63. The average Bonchev–Trinajstić information content (AvgIpc) is 2.64. The molecular formula is C18H17ClN2O5S. The Morgan fingerprint density at radius 3 is 2.59 bits per heavy atom. The van der Waals surface area contributed by atoms with Crippen LogP contribution in [0.1, 0.15) is 15.9 Å². The molecule has 0 heterocycles. The number of ether oxygens (including phenoxy) is 1. The van der Waals surface area contributed by atoms with Crippen molar-refractivity contribution >= 4 is 40.9 Å². The molecule has 27 heavy (non-hydrogen) atoms. The zero-order valence-electron chi connectivity index (χ0n) is 14.4. The molecule has 0 spiro atoms. The Bertz CT molecular complexity index is 842. The Balaban J connectivity index is 1.77. The first kappa shape index (κ1) is 20.7. The molecule has 142 valence electrons. The van der Waals surface area contributed by atoms with Crippen molar-refractivity contribution in [3.8, 4) is 0 Å². The van der Waals surface area contributed by atoms with Gasteiger partial charge in [-0.05, 0) is 31.2 Å². The van der Waals surface area contributed by atoms with E-state index in [0.29, 0.717) is 12.3 Å². The summed E-state index contributed by atoms with van der Waals surface area (Å²) in [4.78, 5) is 35.1. The van der Waals surface area contributed by atoms with Gasteiger partial charge in [0, 0.05) is 28.3 Å². The average molecular weight is 409 g/mol. The van der Waals surface area contributed by atoms with Crippen LogP contribution in [0.25, 0.3) is 0 Å². The molecule has 0 aromatic heterocycles. The van der Waals surface area contributed by atoms with Crippen molar-refractivity contribution in [2.24, 2.45) is 0 Å². The minimum Gasteiger partial charge on any atom is -0.452 e. The number of esters is 1. The first-order valence-electron chi connectivity index (χ1n) is 7.94. The molecule has 0 radical (unpaired) electrons. The summed E-state index contributed by atoms with van der Waals surface area (Å²) in [5, 5.41) is 13.7. The minimum atomic E-state index is -0.978. The Labute approximate surface area is 165 Å². The van der Waals surface area contributed by atoms with E-state index in [0.717, 1.165) is 17.0 Å². The first-order chi connectivity index (χ1) is 12.9. The Morgan fingerprint density at radius 1 is 1.22 bits per heavy atom. The second kappa shape index (κ2) is 9.94. The normalized spacial score (nSPS) is 10.3. The summed E-state index contributed by atoms with van der Waals surface area (Å²) < 4.78 is 4.84. The number of amides is 1. The predicted molar refractivity (Wildman–Crippen MR) is 103 cm³/mol. The number of carbonyl (C=O) groups excluding carboxylic acids is 2. The fourth-order valence-corrected chi connectivity index (χ4v) is 3.03. The van der Waals surface area contributed by atoms with E-state index in [1.54, 1.807) is 11.8 Å². The predicted octanol–water partition coefficient (Wildman–Crippen LogP) is 3.62. The molecule has 0 saturated heterocycles. The third-order valence-corrected chi connectivity index (χ3v) is 4.67. The van der Waals surface area contributed by atoms with Crippen molar-refractivity contribution in [3.63, 3.8) is 0 Å². The van der Waals surface area contributed by atoms with Crippen molar-refractivity contribution in [1.82, 2.24) is 5.32 Å². The van der Waals surface area contributed by atoms with Gasteiger partial charge in [-0.1, -0.05) is 29.3 Å². The molecule has 2 aromatic carbocycles. The molecule has 0 aliphatic heterocycles. The number of hydrogen-bond donors (Lipinski definition) is 1. The van der Waals surface area contributed by atoms with Crippen molar-refractivity contribution < 1.29 is 19.2 Å². The van der Waals surface area contributed by atoms with E-state index in [4.69, 9.17) is 16.3 Å². The summed E-state index contributed by atoms with van der Waals surface area (Å²) in [6, 6.07) is 11.6. The summed E-state index contributed by atoms with van der Waals surface area (Å²) in [6.45, 7) is 1.87. The quantitative estimate of drug-likeness (QED) is 0.235. The SMILES string of the molecule is Cc1ccc(SCCNC(=O)COC(=O)c2cc(Cl)ccc2[N+](=O)[O-])cc1. The van der Waals surface area contributed by atoms with Crippen LogP contribution in [0.3, 0.4) is 0 Å². The fraction of sp³-hybridized carbons (Fsp3) is 0.222. The largest absolute Gasteiger partial charge is 0.452 e. The van der Waals surface area contributed by atoms with Crippen LogP contribution in [0.5, 0.6) is 0 Å². The molecule has 0 aliphatic rings. The van der Waals surface area contributed by atoms with Gasteiger partial charge in [0.25, 0.3) is 11.6 Å². The van der Waals surface area contributed by atoms with Gasteiger partial charge in [0.2, 0.25) is 0 Å². The third-order valence-electron chi connectivity index (χ3n) is 3.42. The van der Waals surface area contributed by atoms with Crippen LogP contribution in [-0.2, 0) is 9.53 Å². The van der Waals surface area contributed by atoms with Crippen LogP contribution < -0.4 is 5.32 Å². The van der Waals surface area contributed by atoms with Crippen LogP contribution >= 0.6 is 23.4 Å². The van der Waals surface area contributed by atoms with Gasteiger partial charge in [0.15, 0.2) is 6.61 Å². The number of benzene rings is 2. The van der Waals surface area contributed by atoms with Crippen molar-refractivity contribution in [3.05, 3.63) is 68.7 Å². The first-order valence-corrected chi connectivity index (χ1v) is 9.30. The van der Waals surface area contributed by atoms with Crippen LogP contribution in [0.2, 0.25) is 5.02 Å². The molecular weight excluding hydrogens is 392 g/mol. The van der Waals surface area contributed by atoms with Crippen molar-refractivity contribution in [1.29, 1.82) is 0 Å². The second-order valence-electron chi connectivity index (χ2n) is 5.51. The highest BCUT2D eigenvalue weighted by atomic mass is 35.5. The molecule has 0 bridgehead atoms. The van der Waals surface area contributed by atoms with Crippen LogP contribution in [0.4, 0.5) is 5.69 Å². The number of nitro benzene ring substituents is 1. The standard InChI is InChI=1S/C18H17ClN2O5S/c1-12-2-5-14(6-3-12)27-9-8-20-17(22)11-26-18(23)15-10-13(19)4-7-16(15)21(24)25/h2-7,10H,8-9,11H2,1H3,(H,20,22). The minimum absolute atomic E-state index is 0.158. The van der Waals surface area contributed by atoms with E-state index in [1.807, 2.05) is 31.2 Å². The molecule has 9 heteroatoms. The van der Waals surface area contributed by atoms with Gasteiger partial charge in [-0.15, -0.1) is 11.8 Å². The zero-order valence-corrected chi connectivity index (χ0v) is 16.0. The number of thioether (sulfide) groups is 1. The molecule has 0 atom stereocenters. The number of hydrogen-bond acceptors (Lipinski definition) is 6. The third kappa shape index (κ3) is 6.58. The van der Waals surface area contributed by atoms with E-state index in [2.05, 4.69) is 5.32 Å². The molecule has 0 saturated carbocycles. The van der Waals surface area contributed by atoms with Gasteiger partial charge in [-0.2, -0.15) is 0 Å². The lowest BCUT2D eigenvalue weighted by atomic mass is 10.2. The zero-order chi connectivity index (χ0) is 19.8. The maximum Gasteiger partial charge on any atom is 0.345 e. The van der Waals surface area contributed by atoms with Gasteiger partial charge in [0.05, 0.1) is 4.92 Å². The van der Waals surface area contributed by atoms with Gasteiger partial charge in [-0.25, -0.2) is 4.79 Å². The monoisotopic (exact) mass is 408 g/mol. The summed E-state index contributed by atoms with van der Waals surface area (Å²) in [5.41, 5.74) is 0.448. The van der Waals surface area contributed by atoms with E-state index >= 15 is 0 Å². The number of nitrogens with zero attached hydrogens (tertiary/aromatic N) is 1. The fourth-order valence-electron chi connectivity index (χ4n) is 2.08. The molecule has 1 amide bonds. The molecule has 2 aromatic rings. The van der Waals surface area contributed by atoms with Gasteiger partial charge < -0.3 is 10.1 Å². The Morgan fingerprint density at radius 2 is 1.93 bits per heavy atom. The summed E-state index contributed by atoms with van der Waals surface area (Å²) in [7, 11) is 0. The molecule has 2 rings (SSSR count). The number of aryl methyl sites for hydroxylation is 1. The second-order valence-corrected chi connectivity index (χ2v) is 7.11. The number of rotatable bonds is 8. The maximum absolute atomic E-state index is 12.0. The number of carbonyl (C=O) groups is 2. The number of halogens is 1. The molecule has 1 N–H and O–H groups in total. The molecule has 7 nitrogen and oxygen atoms in total. The highest BCUT2D eigenvalue weighted by molar-refractivity contribution is 7.99. The van der Waals surface area contributed by atoms with Gasteiger partial charge in [-0.3, -0.25) is 14.9 Å². The summed E-state index contributed by atoms with van der Waals surface area (Å²) >= 11 is 7.35. The number of nitro groups is 1. The van der Waals surface area contributed by atoms with E-state index in [-0.39, 0.29) is 10.6 Å². The van der Waals surface area contributed by atoms with Crippen LogP contribution in [0.15, 0.2) is 47.4 Å². The van der Waals surface area contributed by atoms with E-state index in [9.17, 15) is 19.7 Å². The number of nitrogens with one attached hydrogen (secondary N) is 1. The lowest BCUT2D eigenvalue weighted by molar-refractivity contribution is -0.385. The van der Waals surface area contributed by atoms with E-state index < -0.39 is 29.1 Å². The van der Waals surface area contributed by atoms with Crippen LogP contribution in [-0.4, -0.2) is 35.7 Å². The highest BCUT2D eigenvalue weighted by Crippen LogP contribution is 2.23. The summed E-state index contributed by atoms with van der Waals surface area (Å²) in [6.07, 6.45) is 0. The van der Waals surface area contributed by atoms with Gasteiger partial charge >= 0.3 is 5.97 Å². The lowest BCUT2D eigenvalue weighted by Crippen LogP contribution is -2.30. The lowest BCUT2D eigenvalue weighted by Gasteiger charge is -2.07. The van der Waals surface area contributed by atoms with Crippen LogP contribution in [0, 0.1) is 17.0 Å². The molecule has 0 aliphatic carbocycles. The van der Waals surface area contributed by atoms with Gasteiger partial charge in [0.1, 0.15) is 5.56 Å². The summed E-state index contributed by atoms with van der Waals surface area (Å²) in [5.74, 6) is -0.811.